The van der Waals surface area contributed by atoms with Gasteiger partial charge in [0, 0.05) is 17.5 Å². The van der Waals surface area contributed by atoms with Gasteiger partial charge in [-0.15, -0.1) is 11.3 Å². The predicted molar refractivity (Wildman–Crippen MR) is 84.5 cm³/mol. The van der Waals surface area contributed by atoms with Crippen molar-refractivity contribution in [3.63, 3.8) is 0 Å². The zero-order valence-corrected chi connectivity index (χ0v) is 14.0. The van der Waals surface area contributed by atoms with Gasteiger partial charge in [-0.1, -0.05) is 12.8 Å². The van der Waals surface area contributed by atoms with E-state index in [1.54, 1.807) is 16.4 Å². The normalized spacial score (nSPS) is 24.1. The number of thiophene rings is 1. The fourth-order valence-corrected chi connectivity index (χ4v) is 6.96. The highest BCUT2D eigenvalue weighted by Gasteiger charge is 2.40. The van der Waals surface area contributed by atoms with E-state index in [2.05, 4.69) is 0 Å². The van der Waals surface area contributed by atoms with Crippen LogP contribution < -0.4 is 0 Å². The molecule has 1 atom stereocenters. The Balaban J connectivity index is 1.82. The number of rotatable bonds is 5. The molecule has 1 aliphatic heterocycles. The highest BCUT2D eigenvalue weighted by molar-refractivity contribution is 7.91. The van der Waals surface area contributed by atoms with Crippen molar-refractivity contribution in [3.8, 4) is 0 Å². The number of nitrogens with zero attached hydrogens (tertiary/aromatic N) is 1. The number of aliphatic carboxylic acids is 1. The molecular formula is C15H21NO4S2. The minimum Gasteiger partial charge on any atom is -0.481 e. The molecule has 1 saturated heterocycles. The van der Waals surface area contributed by atoms with Crippen LogP contribution in [0.3, 0.4) is 0 Å². The van der Waals surface area contributed by atoms with Gasteiger partial charge >= 0.3 is 5.97 Å². The summed E-state index contributed by atoms with van der Waals surface area (Å²) in [7, 11) is -3.48. The molecule has 0 spiro atoms. The lowest BCUT2D eigenvalue weighted by Crippen LogP contribution is -2.39. The maximum Gasteiger partial charge on any atom is 0.308 e. The van der Waals surface area contributed by atoms with Gasteiger partial charge in [-0.25, -0.2) is 8.42 Å². The maximum absolute atomic E-state index is 12.9. The van der Waals surface area contributed by atoms with Gasteiger partial charge in [-0.05, 0) is 43.7 Å². The maximum atomic E-state index is 12.9. The van der Waals surface area contributed by atoms with Crippen molar-refractivity contribution >= 4 is 27.3 Å². The van der Waals surface area contributed by atoms with Crippen LogP contribution >= 0.6 is 11.3 Å². The van der Waals surface area contributed by atoms with Gasteiger partial charge < -0.3 is 5.11 Å². The first kappa shape index (κ1) is 16.0. The van der Waals surface area contributed by atoms with Gasteiger partial charge in [0.05, 0.1) is 6.42 Å². The van der Waals surface area contributed by atoms with Gasteiger partial charge in [0.25, 0.3) is 10.0 Å². The van der Waals surface area contributed by atoms with Gasteiger partial charge in [-0.2, -0.15) is 4.31 Å². The van der Waals surface area contributed by atoms with E-state index in [0.29, 0.717) is 17.3 Å². The third kappa shape index (κ3) is 3.07. The highest BCUT2D eigenvalue weighted by Crippen LogP contribution is 2.39. The van der Waals surface area contributed by atoms with Crippen LogP contribution in [0, 0.1) is 5.92 Å². The summed E-state index contributed by atoms with van der Waals surface area (Å²) in [5.41, 5.74) is 0. The van der Waals surface area contributed by atoms with E-state index in [-0.39, 0.29) is 16.7 Å². The van der Waals surface area contributed by atoms with Crippen LogP contribution in [0.25, 0.3) is 0 Å². The van der Waals surface area contributed by atoms with Crippen molar-refractivity contribution in [3.05, 3.63) is 17.0 Å². The van der Waals surface area contributed by atoms with E-state index >= 15 is 0 Å². The van der Waals surface area contributed by atoms with Crippen LogP contribution in [0.2, 0.25) is 0 Å². The minimum atomic E-state index is -3.48. The first-order chi connectivity index (χ1) is 10.5. The number of carboxylic acid groups (broad SMARTS) is 1. The molecule has 2 fully saturated rings. The smallest absolute Gasteiger partial charge is 0.308 e. The molecule has 0 radical (unpaired) electrons. The van der Waals surface area contributed by atoms with Crippen LogP contribution in [-0.2, 0) is 21.2 Å². The van der Waals surface area contributed by atoms with Crippen molar-refractivity contribution in [1.29, 1.82) is 0 Å². The largest absolute Gasteiger partial charge is 0.481 e. The number of carboxylic acids is 1. The van der Waals surface area contributed by atoms with Crippen molar-refractivity contribution < 1.29 is 18.3 Å². The number of sulfonamides is 1. The van der Waals surface area contributed by atoms with E-state index in [4.69, 9.17) is 5.11 Å². The Morgan fingerprint density at radius 3 is 2.64 bits per heavy atom. The molecule has 0 amide bonds. The quantitative estimate of drug-likeness (QED) is 0.892. The number of hydrogen-bond donors (Lipinski definition) is 1. The Labute approximate surface area is 135 Å². The fraction of sp³-hybridized carbons (Fsp3) is 0.667. The second-order valence-electron chi connectivity index (χ2n) is 6.16. The Morgan fingerprint density at radius 1 is 1.23 bits per heavy atom. The molecule has 2 aliphatic rings. The lowest BCUT2D eigenvalue weighted by atomic mass is 9.97. The van der Waals surface area contributed by atoms with Gasteiger partial charge in [0.2, 0.25) is 0 Å². The van der Waals surface area contributed by atoms with Gasteiger partial charge in [0.15, 0.2) is 0 Å². The first-order valence-electron chi connectivity index (χ1n) is 7.81. The molecule has 0 bridgehead atoms. The summed E-state index contributed by atoms with van der Waals surface area (Å²) >= 11 is 1.09. The van der Waals surface area contributed by atoms with Crippen LogP contribution in [-0.4, -0.2) is 36.4 Å². The molecule has 1 unspecified atom stereocenters. The summed E-state index contributed by atoms with van der Waals surface area (Å²) in [6.45, 7) is 0.593. The summed E-state index contributed by atoms with van der Waals surface area (Å²) < 4.78 is 27.7. The Kier molecular flexibility index (Phi) is 4.56. The Bertz CT molecular complexity index is 646. The summed E-state index contributed by atoms with van der Waals surface area (Å²) in [4.78, 5) is 11.3. The average Bonchev–Trinajstić information content (AvgIpc) is 3.19. The molecule has 22 heavy (non-hydrogen) atoms. The average molecular weight is 343 g/mol. The second kappa shape index (κ2) is 6.29. The van der Waals surface area contributed by atoms with Crippen LogP contribution in [0.1, 0.15) is 43.4 Å². The van der Waals surface area contributed by atoms with Crippen LogP contribution in [0.5, 0.6) is 0 Å². The minimum absolute atomic E-state index is 0.119. The zero-order valence-electron chi connectivity index (χ0n) is 12.4. The van der Waals surface area contributed by atoms with E-state index in [1.165, 1.54) is 12.8 Å². The number of carbonyl (C=O) groups is 1. The summed E-state index contributed by atoms with van der Waals surface area (Å²) in [5.74, 6) is -0.438. The Morgan fingerprint density at radius 2 is 1.95 bits per heavy atom. The van der Waals surface area contributed by atoms with Crippen molar-refractivity contribution in [2.45, 2.75) is 55.2 Å². The van der Waals surface area contributed by atoms with Crippen LogP contribution in [0.4, 0.5) is 0 Å². The zero-order chi connectivity index (χ0) is 15.7. The first-order valence-corrected chi connectivity index (χ1v) is 10.1. The molecule has 5 nitrogen and oxygen atoms in total. The second-order valence-corrected chi connectivity index (χ2v) is 9.45. The molecule has 0 aromatic carbocycles. The van der Waals surface area contributed by atoms with Crippen LogP contribution in [0.15, 0.2) is 16.3 Å². The van der Waals surface area contributed by atoms with E-state index in [9.17, 15) is 13.2 Å². The van der Waals surface area contributed by atoms with E-state index in [1.807, 2.05) is 0 Å². The van der Waals surface area contributed by atoms with Crippen molar-refractivity contribution in [2.24, 2.45) is 5.92 Å². The molecule has 122 valence electrons. The van der Waals surface area contributed by atoms with Crippen molar-refractivity contribution in [2.75, 3.05) is 6.54 Å². The standard InChI is InChI=1S/C15H21NO4S2/c17-14(18)10-12-7-8-15(21-12)22(19,20)16-9-3-6-13(16)11-4-1-2-5-11/h7-8,11,13H,1-6,9-10H2,(H,17,18). The van der Waals surface area contributed by atoms with Gasteiger partial charge in [-0.3, -0.25) is 4.79 Å². The summed E-state index contributed by atoms with van der Waals surface area (Å²) in [5, 5.41) is 8.82. The summed E-state index contributed by atoms with van der Waals surface area (Å²) in [6.07, 6.45) is 6.43. The monoisotopic (exact) mass is 343 g/mol. The molecule has 1 N–H and O–H groups in total. The lowest BCUT2D eigenvalue weighted by molar-refractivity contribution is -0.136. The summed E-state index contributed by atoms with van der Waals surface area (Å²) in [6, 6.07) is 3.31. The van der Waals surface area contributed by atoms with E-state index in [0.717, 1.165) is 37.0 Å². The fourth-order valence-electron chi connectivity index (χ4n) is 3.73. The third-order valence-corrected chi connectivity index (χ3v) is 8.19. The molecule has 2 heterocycles. The molecule has 1 aromatic heterocycles. The molecule has 1 aliphatic carbocycles. The lowest BCUT2D eigenvalue weighted by Gasteiger charge is -2.28. The predicted octanol–water partition coefficient (Wildman–Crippen LogP) is 2.72. The molecule has 7 heteroatoms. The SMILES string of the molecule is O=C(O)Cc1ccc(S(=O)(=O)N2CCCC2C2CCCC2)s1. The molecular weight excluding hydrogens is 322 g/mol. The molecule has 1 aromatic rings. The van der Waals surface area contributed by atoms with Crippen molar-refractivity contribution in [1.82, 2.24) is 4.31 Å². The Hall–Kier alpha value is -0.920. The van der Waals surface area contributed by atoms with E-state index < -0.39 is 16.0 Å². The van der Waals surface area contributed by atoms with Gasteiger partial charge in [0.1, 0.15) is 4.21 Å². The molecule has 3 rings (SSSR count). The topological polar surface area (TPSA) is 74.7 Å². The third-order valence-electron chi connectivity index (χ3n) is 4.72. The number of hydrogen-bond acceptors (Lipinski definition) is 4. The molecule has 1 saturated carbocycles. The highest BCUT2D eigenvalue weighted by atomic mass is 32.2.